The van der Waals surface area contributed by atoms with Gasteiger partial charge >= 0.3 is 0 Å². The van der Waals surface area contributed by atoms with Crippen LogP contribution in [-0.4, -0.2) is 33.0 Å². The summed E-state index contributed by atoms with van der Waals surface area (Å²) < 4.78 is 28.6. The van der Waals surface area contributed by atoms with E-state index in [1.165, 1.54) is 6.92 Å². The number of hydrogen-bond donors (Lipinski definition) is 2. The summed E-state index contributed by atoms with van der Waals surface area (Å²) in [5.74, 6) is -0.0231. The molecule has 162 valence electrons. The van der Waals surface area contributed by atoms with Crippen molar-refractivity contribution in [2.24, 2.45) is 0 Å². The Morgan fingerprint density at radius 3 is 2.53 bits per heavy atom. The van der Waals surface area contributed by atoms with E-state index in [9.17, 15) is 13.2 Å². The molecular weight excluding hydrogens is 398 g/mol. The lowest BCUT2D eigenvalue weighted by Crippen LogP contribution is -2.49. The van der Waals surface area contributed by atoms with Gasteiger partial charge in [-0.25, -0.2) is 13.1 Å². The predicted octanol–water partition coefficient (Wildman–Crippen LogP) is 3.39. The first-order valence-corrected chi connectivity index (χ1v) is 11.8. The van der Waals surface area contributed by atoms with Crippen molar-refractivity contribution in [1.29, 1.82) is 0 Å². The summed E-state index contributed by atoms with van der Waals surface area (Å²) >= 11 is 0. The quantitative estimate of drug-likeness (QED) is 0.707. The number of carbonyl (C=O) groups is 1. The fourth-order valence-corrected chi connectivity index (χ4v) is 5.15. The Bertz CT molecular complexity index is 1000. The fraction of sp³-hybridized carbons (Fsp3) is 0.435. The van der Waals surface area contributed by atoms with Crippen molar-refractivity contribution in [3.05, 3.63) is 59.7 Å². The van der Waals surface area contributed by atoms with Gasteiger partial charge in [-0.15, -0.1) is 0 Å². The van der Waals surface area contributed by atoms with Gasteiger partial charge in [0.05, 0.1) is 4.90 Å². The van der Waals surface area contributed by atoms with E-state index in [0.717, 1.165) is 29.7 Å². The van der Waals surface area contributed by atoms with Crippen molar-refractivity contribution in [2.45, 2.75) is 57.0 Å². The molecule has 0 fully saturated rings. The number of amides is 1. The normalized spacial score (nSPS) is 15.5. The minimum absolute atomic E-state index is 0.0231. The van der Waals surface area contributed by atoms with E-state index in [-0.39, 0.29) is 23.4 Å². The summed E-state index contributed by atoms with van der Waals surface area (Å²) in [5, 5.41) is 3.49. The van der Waals surface area contributed by atoms with Crippen molar-refractivity contribution in [2.75, 3.05) is 18.0 Å². The largest absolute Gasteiger partial charge is 0.312 e. The van der Waals surface area contributed by atoms with Crippen molar-refractivity contribution in [3.8, 4) is 0 Å². The lowest BCUT2D eigenvalue weighted by molar-refractivity contribution is -0.116. The van der Waals surface area contributed by atoms with Crippen molar-refractivity contribution >= 4 is 21.6 Å². The van der Waals surface area contributed by atoms with Gasteiger partial charge in [-0.05, 0) is 62.9 Å². The molecule has 0 bridgehead atoms. The third-order valence-corrected chi connectivity index (χ3v) is 6.87. The molecule has 30 heavy (non-hydrogen) atoms. The van der Waals surface area contributed by atoms with Crippen LogP contribution in [0.15, 0.2) is 53.4 Å². The number of fused-ring (bicyclic) bond motifs is 1. The number of benzene rings is 2. The molecule has 2 aromatic carbocycles. The molecule has 7 heteroatoms. The Labute approximate surface area is 179 Å². The monoisotopic (exact) mass is 429 g/mol. The Kier molecular flexibility index (Phi) is 6.65. The van der Waals surface area contributed by atoms with Gasteiger partial charge in [0.1, 0.15) is 0 Å². The van der Waals surface area contributed by atoms with E-state index in [1.54, 1.807) is 23.1 Å². The van der Waals surface area contributed by atoms with Crippen LogP contribution in [0.4, 0.5) is 5.69 Å². The highest BCUT2D eigenvalue weighted by atomic mass is 32.2. The zero-order valence-corrected chi connectivity index (χ0v) is 18.9. The highest BCUT2D eigenvalue weighted by molar-refractivity contribution is 7.89. The lowest BCUT2D eigenvalue weighted by Gasteiger charge is -2.31. The second-order valence-corrected chi connectivity index (χ2v) is 10.3. The van der Waals surface area contributed by atoms with Gasteiger partial charge in [0.25, 0.3) is 0 Å². The standard InChI is InChI=1S/C23H31N3O3S/c1-17(19-9-6-5-7-10-19)25-23(3,4)16-24-30(28,29)21-12-13-22-20(15-21)11-8-14-26(22)18(2)27/h5-7,9-10,12-13,15,17,24-25H,8,11,14,16H2,1-4H3. The molecule has 0 radical (unpaired) electrons. The molecular formula is C23H31N3O3S. The van der Waals surface area contributed by atoms with E-state index in [4.69, 9.17) is 0 Å². The Morgan fingerprint density at radius 2 is 1.87 bits per heavy atom. The zero-order valence-electron chi connectivity index (χ0n) is 18.1. The summed E-state index contributed by atoms with van der Waals surface area (Å²) in [6.45, 7) is 8.48. The van der Waals surface area contributed by atoms with Crippen LogP contribution in [0.2, 0.25) is 0 Å². The van der Waals surface area contributed by atoms with Crippen LogP contribution >= 0.6 is 0 Å². The first-order valence-electron chi connectivity index (χ1n) is 10.3. The summed E-state index contributed by atoms with van der Waals surface area (Å²) in [7, 11) is -3.66. The Morgan fingerprint density at radius 1 is 1.17 bits per heavy atom. The van der Waals surface area contributed by atoms with Crippen LogP contribution in [0.1, 0.15) is 51.3 Å². The summed E-state index contributed by atoms with van der Waals surface area (Å²) in [5.41, 5.74) is 2.42. The van der Waals surface area contributed by atoms with Crippen molar-refractivity contribution in [1.82, 2.24) is 10.0 Å². The number of carbonyl (C=O) groups excluding carboxylic acids is 1. The topological polar surface area (TPSA) is 78.5 Å². The third kappa shape index (κ3) is 5.28. The van der Waals surface area contributed by atoms with Gasteiger partial charge in [0.15, 0.2) is 0 Å². The SMILES string of the molecule is CC(=O)N1CCCc2cc(S(=O)(=O)NCC(C)(C)NC(C)c3ccccc3)ccc21. The molecule has 6 nitrogen and oxygen atoms in total. The van der Waals surface area contributed by atoms with Crippen molar-refractivity contribution in [3.63, 3.8) is 0 Å². The summed E-state index contributed by atoms with van der Waals surface area (Å²) in [6, 6.07) is 15.2. The van der Waals surface area contributed by atoms with Crippen LogP contribution in [0.5, 0.6) is 0 Å². The number of rotatable bonds is 7. The number of sulfonamides is 1. The molecule has 1 heterocycles. The molecule has 1 amide bonds. The number of anilines is 1. The van der Waals surface area contributed by atoms with Crippen LogP contribution in [0.25, 0.3) is 0 Å². The summed E-state index contributed by atoms with van der Waals surface area (Å²) in [6.07, 6.45) is 1.60. The van der Waals surface area contributed by atoms with Crippen LogP contribution < -0.4 is 14.9 Å². The fourth-order valence-electron chi connectivity index (χ4n) is 3.89. The number of nitrogens with zero attached hydrogens (tertiary/aromatic N) is 1. The average Bonchev–Trinajstić information content (AvgIpc) is 2.72. The number of hydrogen-bond acceptors (Lipinski definition) is 4. The van der Waals surface area contributed by atoms with E-state index in [2.05, 4.69) is 29.1 Å². The molecule has 3 rings (SSSR count). The highest BCUT2D eigenvalue weighted by Crippen LogP contribution is 2.29. The average molecular weight is 430 g/mol. The molecule has 0 aromatic heterocycles. The van der Waals surface area contributed by atoms with Crippen LogP contribution in [0.3, 0.4) is 0 Å². The molecule has 1 atom stereocenters. The second kappa shape index (κ2) is 8.88. The molecule has 0 saturated heterocycles. The molecule has 2 aromatic rings. The van der Waals surface area contributed by atoms with Gasteiger partial charge in [-0.1, -0.05) is 30.3 Å². The van der Waals surface area contributed by atoms with Gasteiger partial charge in [0, 0.05) is 37.3 Å². The molecule has 0 spiro atoms. The van der Waals surface area contributed by atoms with Crippen LogP contribution in [0, 0.1) is 0 Å². The Hall–Kier alpha value is -2.22. The van der Waals surface area contributed by atoms with Gasteiger partial charge < -0.3 is 10.2 Å². The lowest BCUT2D eigenvalue weighted by atomic mass is 10.0. The van der Waals surface area contributed by atoms with E-state index in [1.807, 2.05) is 32.0 Å². The molecule has 0 aliphatic carbocycles. The van der Waals surface area contributed by atoms with Gasteiger partial charge in [-0.3, -0.25) is 4.79 Å². The molecule has 2 N–H and O–H groups in total. The molecule has 1 aliphatic rings. The first kappa shape index (κ1) is 22.5. The number of aryl methyl sites for hydroxylation is 1. The van der Waals surface area contributed by atoms with E-state index >= 15 is 0 Å². The van der Waals surface area contributed by atoms with Gasteiger partial charge in [0.2, 0.25) is 15.9 Å². The maximum absolute atomic E-state index is 12.9. The number of nitrogens with one attached hydrogen (secondary N) is 2. The Balaban J connectivity index is 1.70. The molecule has 0 saturated carbocycles. The second-order valence-electron chi connectivity index (χ2n) is 8.55. The third-order valence-electron chi connectivity index (χ3n) is 5.47. The predicted molar refractivity (Wildman–Crippen MR) is 120 cm³/mol. The smallest absolute Gasteiger partial charge is 0.240 e. The molecule has 1 unspecified atom stereocenters. The highest BCUT2D eigenvalue weighted by Gasteiger charge is 2.26. The maximum Gasteiger partial charge on any atom is 0.240 e. The molecule has 1 aliphatic heterocycles. The minimum Gasteiger partial charge on any atom is -0.312 e. The maximum atomic E-state index is 12.9. The van der Waals surface area contributed by atoms with Gasteiger partial charge in [-0.2, -0.15) is 0 Å². The summed E-state index contributed by atoms with van der Waals surface area (Å²) in [4.78, 5) is 13.8. The van der Waals surface area contributed by atoms with Crippen LogP contribution in [-0.2, 0) is 21.2 Å². The van der Waals surface area contributed by atoms with Crippen molar-refractivity contribution < 1.29 is 13.2 Å². The minimum atomic E-state index is -3.66. The van der Waals surface area contributed by atoms with E-state index < -0.39 is 15.6 Å². The zero-order chi connectivity index (χ0) is 21.9. The first-order chi connectivity index (χ1) is 14.1. The van der Waals surface area contributed by atoms with E-state index in [0.29, 0.717) is 6.54 Å².